The molecule has 0 bridgehead atoms. The maximum atomic E-state index is 12.6. The third-order valence-corrected chi connectivity index (χ3v) is 5.04. The summed E-state index contributed by atoms with van der Waals surface area (Å²) in [6.45, 7) is 11.8. The average molecular weight is 334 g/mol. The summed E-state index contributed by atoms with van der Waals surface area (Å²) in [5.74, 6) is 0. The van der Waals surface area contributed by atoms with Crippen LogP contribution < -0.4 is 4.72 Å². The van der Waals surface area contributed by atoms with Crippen LogP contribution in [0.2, 0.25) is 0 Å². The van der Waals surface area contributed by atoms with Crippen LogP contribution in [-0.2, 0) is 16.5 Å². The number of aromatic nitrogens is 2. The van der Waals surface area contributed by atoms with Crippen LogP contribution in [0, 0.1) is 0 Å². The third kappa shape index (κ3) is 4.94. The van der Waals surface area contributed by atoms with E-state index in [2.05, 4.69) is 14.7 Å². The van der Waals surface area contributed by atoms with E-state index in [0.29, 0.717) is 0 Å². The Bertz CT molecular complexity index is 570. The van der Waals surface area contributed by atoms with Crippen molar-refractivity contribution in [1.82, 2.24) is 14.7 Å². The van der Waals surface area contributed by atoms with Gasteiger partial charge in [0.1, 0.15) is 0 Å². The van der Waals surface area contributed by atoms with Crippen LogP contribution in [0.15, 0.2) is 49.1 Å². The fourth-order valence-electron chi connectivity index (χ4n) is 1.94. The summed E-state index contributed by atoms with van der Waals surface area (Å²) in [6.07, 6.45) is 7.04. The first-order valence-corrected chi connectivity index (χ1v) is 9.00. The number of hydrogen-bond acceptors (Lipinski definition) is 3. The molecule has 1 atom stereocenters. The highest BCUT2D eigenvalue weighted by molar-refractivity contribution is 7.84. The van der Waals surface area contributed by atoms with Crippen LogP contribution in [0.1, 0.15) is 52.7 Å². The summed E-state index contributed by atoms with van der Waals surface area (Å²) >= 11 is 0. The van der Waals surface area contributed by atoms with Crippen molar-refractivity contribution in [3.63, 3.8) is 0 Å². The molecule has 0 fully saturated rings. The molecule has 126 valence electrons. The number of pyridine rings is 2. The first kappa shape index (κ1) is 19.5. The fraction of sp³-hybridized carbons (Fsp3) is 0.444. The van der Waals surface area contributed by atoms with Gasteiger partial charge in [0.15, 0.2) is 0 Å². The van der Waals surface area contributed by atoms with E-state index in [1.807, 2.05) is 65.8 Å². The molecule has 4 nitrogen and oxygen atoms in total. The molecular weight excluding hydrogens is 306 g/mol. The molecule has 5 heteroatoms. The molecule has 2 heterocycles. The van der Waals surface area contributed by atoms with Crippen molar-refractivity contribution in [1.29, 1.82) is 0 Å². The summed E-state index contributed by atoms with van der Waals surface area (Å²) in [7, 11) is -1.21. The zero-order valence-corrected chi connectivity index (χ0v) is 15.6. The van der Waals surface area contributed by atoms with Gasteiger partial charge in [0, 0.05) is 24.8 Å². The molecule has 0 aliphatic carbocycles. The Balaban J connectivity index is 0.00000127. The molecule has 2 aromatic rings. The van der Waals surface area contributed by atoms with Crippen molar-refractivity contribution < 1.29 is 4.21 Å². The van der Waals surface area contributed by atoms with E-state index in [1.54, 1.807) is 24.8 Å². The number of hydrogen-bond donors (Lipinski definition) is 1. The minimum absolute atomic E-state index is 0.355. The number of nitrogens with zero attached hydrogens (tertiary/aromatic N) is 2. The summed E-state index contributed by atoms with van der Waals surface area (Å²) in [5, 5.41) is 0. The number of nitrogens with one attached hydrogen (secondary N) is 1. The molecule has 0 saturated carbocycles. The fourth-order valence-corrected chi connectivity index (χ4v) is 2.85. The predicted octanol–water partition coefficient (Wildman–Crippen LogP) is 3.82. The normalized spacial score (nSPS) is 13.0. The van der Waals surface area contributed by atoms with Gasteiger partial charge >= 0.3 is 0 Å². The first-order valence-electron chi connectivity index (χ1n) is 7.85. The Morgan fingerprint density at radius 2 is 1.35 bits per heavy atom. The smallest absolute Gasteiger partial charge is 0.0981 e. The van der Waals surface area contributed by atoms with Crippen molar-refractivity contribution in [3.05, 3.63) is 60.2 Å². The van der Waals surface area contributed by atoms with Gasteiger partial charge in [-0.2, -0.15) is 0 Å². The summed E-state index contributed by atoms with van der Waals surface area (Å²) < 4.78 is 15.5. The second-order valence-corrected chi connectivity index (χ2v) is 8.06. The van der Waals surface area contributed by atoms with E-state index in [1.165, 1.54) is 0 Å². The van der Waals surface area contributed by atoms with E-state index in [-0.39, 0.29) is 4.75 Å². The highest BCUT2D eigenvalue weighted by atomic mass is 32.2. The SMILES string of the molecule is CC.CC(NS(=O)C(C)(C)C)(c1cccnc1)c1cccnc1. The Hall–Kier alpha value is -1.59. The Kier molecular flexibility index (Phi) is 7.03. The Morgan fingerprint density at radius 1 is 0.913 bits per heavy atom. The summed E-state index contributed by atoms with van der Waals surface area (Å²) in [4.78, 5) is 8.37. The standard InChI is InChI=1S/C16H21N3OS.C2H6/c1-15(2,3)21(20)19-16(4,13-7-5-9-17-11-13)14-8-6-10-18-12-14;1-2/h5-12,19H,1-4H3;1-2H3. The van der Waals surface area contributed by atoms with E-state index >= 15 is 0 Å². The quantitative estimate of drug-likeness (QED) is 0.925. The van der Waals surface area contributed by atoms with E-state index < -0.39 is 16.5 Å². The van der Waals surface area contributed by atoms with Gasteiger partial charge in [0.2, 0.25) is 0 Å². The molecule has 0 radical (unpaired) electrons. The molecule has 0 amide bonds. The maximum absolute atomic E-state index is 12.6. The van der Waals surface area contributed by atoms with E-state index in [4.69, 9.17) is 0 Å². The van der Waals surface area contributed by atoms with Gasteiger partial charge in [-0.3, -0.25) is 9.97 Å². The monoisotopic (exact) mass is 333 g/mol. The molecule has 23 heavy (non-hydrogen) atoms. The molecule has 0 aliphatic heterocycles. The second-order valence-electron chi connectivity index (χ2n) is 6.09. The van der Waals surface area contributed by atoms with Crippen LogP contribution in [0.4, 0.5) is 0 Å². The number of rotatable bonds is 4. The molecule has 1 N–H and O–H groups in total. The van der Waals surface area contributed by atoms with Crippen LogP contribution in [0.3, 0.4) is 0 Å². The van der Waals surface area contributed by atoms with Crippen molar-refractivity contribution in [2.75, 3.05) is 0 Å². The molecule has 2 aromatic heterocycles. The minimum atomic E-state index is -1.21. The lowest BCUT2D eigenvalue weighted by molar-refractivity contribution is 0.521. The van der Waals surface area contributed by atoms with Crippen LogP contribution >= 0.6 is 0 Å². The minimum Gasteiger partial charge on any atom is -0.264 e. The van der Waals surface area contributed by atoms with Crippen LogP contribution in [0.5, 0.6) is 0 Å². The van der Waals surface area contributed by atoms with Crippen molar-refractivity contribution >= 4 is 11.0 Å². The van der Waals surface area contributed by atoms with Crippen LogP contribution in [0.25, 0.3) is 0 Å². The third-order valence-electron chi connectivity index (χ3n) is 3.33. The zero-order chi connectivity index (χ0) is 17.5. The average Bonchev–Trinajstić information content (AvgIpc) is 2.57. The first-order chi connectivity index (χ1) is 10.8. The second kappa shape index (κ2) is 8.31. The highest BCUT2D eigenvalue weighted by Crippen LogP contribution is 2.30. The van der Waals surface area contributed by atoms with Gasteiger partial charge in [-0.25, -0.2) is 8.93 Å². The predicted molar refractivity (Wildman–Crippen MR) is 97.3 cm³/mol. The molecule has 0 aromatic carbocycles. The lowest BCUT2D eigenvalue weighted by atomic mass is 9.88. The molecular formula is C18H27N3OS. The van der Waals surface area contributed by atoms with Crippen LogP contribution in [-0.4, -0.2) is 18.9 Å². The lowest BCUT2D eigenvalue weighted by Gasteiger charge is -2.33. The van der Waals surface area contributed by atoms with Gasteiger partial charge in [-0.15, -0.1) is 0 Å². The van der Waals surface area contributed by atoms with Gasteiger partial charge in [-0.1, -0.05) is 26.0 Å². The highest BCUT2D eigenvalue weighted by Gasteiger charge is 2.34. The van der Waals surface area contributed by atoms with Crippen molar-refractivity contribution in [2.24, 2.45) is 0 Å². The largest absolute Gasteiger partial charge is 0.264 e. The summed E-state index contributed by atoms with van der Waals surface area (Å²) in [5.41, 5.74) is 1.30. The van der Waals surface area contributed by atoms with Crippen molar-refractivity contribution in [3.8, 4) is 0 Å². The van der Waals surface area contributed by atoms with Gasteiger partial charge in [-0.05, 0) is 51.0 Å². The zero-order valence-electron chi connectivity index (χ0n) is 14.8. The van der Waals surface area contributed by atoms with E-state index in [0.717, 1.165) is 11.1 Å². The topological polar surface area (TPSA) is 54.9 Å². The van der Waals surface area contributed by atoms with Gasteiger partial charge < -0.3 is 0 Å². The maximum Gasteiger partial charge on any atom is 0.0981 e. The molecule has 0 aliphatic rings. The Morgan fingerprint density at radius 3 is 1.65 bits per heavy atom. The Labute approximate surface area is 142 Å². The van der Waals surface area contributed by atoms with E-state index in [9.17, 15) is 4.21 Å². The molecule has 1 unspecified atom stereocenters. The summed E-state index contributed by atoms with van der Waals surface area (Å²) in [6, 6.07) is 7.72. The molecule has 2 rings (SSSR count). The lowest BCUT2D eigenvalue weighted by Crippen LogP contribution is -2.47. The molecule has 0 saturated heterocycles. The van der Waals surface area contributed by atoms with Gasteiger partial charge in [0.05, 0.1) is 21.3 Å². The van der Waals surface area contributed by atoms with Gasteiger partial charge in [0.25, 0.3) is 0 Å². The van der Waals surface area contributed by atoms with Crippen molar-refractivity contribution in [2.45, 2.75) is 51.8 Å². The molecule has 0 spiro atoms.